The van der Waals surface area contributed by atoms with Crippen LogP contribution >= 0.6 is 11.3 Å². The normalized spacial score (nSPS) is 13.4. The number of thiophene rings is 1. The summed E-state index contributed by atoms with van der Waals surface area (Å²) in [6.07, 6.45) is 3.67. The minimum Gasteiger partial charge on any atom is -0.468 e. The number of anilines is 1. The summed E-state index contributed by atoms with van der Waals surface area (Å²) in [5, 5.41) is 7.90. The molecule has 7 heteroatoms. The van der Waals surface area contributed by atoms with Gasteiger partial charge in [-0.3, -0.25) is 14.5 Å². The summed E-state index contributed by atoms with van der Waals surface area (Å²) in [5.74, 6) is 0.493. The Balaban J connectivity index is 1.43. The number of carbonyl (C=O) groups excluding carboxylic acids is 2. The summed E-state index contributed by atoms with van der Waals surface area (Å²) in [6.45, 7) is 1.37. The molecule has 2 aromatic heterocycles. The van der Waals surface area contributed by atoms with Crippen LogP contribution in [0.4, 0.5) is 5.69 Å². The zero-order valence-electron chi connectivity index (χ0n) is 16.0. The van der Waals surface area contributed by atoms with Crippen LogP contribution in [0.1, 0.15) is 33.8 Å². The van der Waals surface area contributed by atoms with E-state index in [0.717, 1.165) is 18.6 Å². The van der Waals surface area contributed by atoms with E-state index in [-0.39, 0.29) is 24.4 Å². The first kappa shape index (κ1) is 19.4. The van der Waals surface area contributed by atoms with Crippen LogP contribution in [0.2, 0.25) is 0 Å². The predicted molar refractivity (Wildman–Crippen MR) is 113 cm³/mol. The zero-order valence-corrected chi connectivity index (χ0v) is 16.8. The van der Waals surface area contributed by atoms with Gasteiger partial charge in [0, 0.05) is 17.5 Å². The topological polar surface area (TPSA) is 74.6 Å². The van der Waals surface area contributed by atoms with Crippen molar-refractivity contribution in [1.82, 2.24) is 10.2 Å². The van der Waals surface area contributed by atoms with Crippen LogP contribution < -0.4 is 10.6 Å². The predicted octanol–water partition coefficient (Wildman–Crippen LogP) is 3.87. The lowest BCUT2D eigenvalue weighted by Gasteiger charge is -2.20. The van der Waals surface area contributed by atoms with Gasteiger partial charge in [0.25, 0.3) is 5.91 Å². The molecular formula is C22H23N3O3S. The van der Waals surface area contributed by atoms with Gasteiger partial charge in [0.2, 0.25) is 5.91 Å². The van der Waals surface area contributed by atoms with E-state index in [9.17, 15) is 9.59 Å². The Labute approximate surface area is 173 Å². The molecule has 0 radical (unpaired) electrons. The summed E-state index contributed by atoms with van der Waals surface area (Å²) in [7, 11) is 0. The lowest BCUT2D eigenvalue weighted by atomic mass is 10.1. The molecule has 0 spiro atoms. The molecule has 2 heterocycles. The van der Waals surface area contributed by atoms with Gasteiger partial charge in [0.15, 0.2) is 0 Å². The molecule has 1 fully saturated rings. The quantitative estimate of drug-likeness (QED) is 0.563. The maximum absolute atomic E-state index is 12.8. The summed E-state index contributed by atoms with van der Waals surface area (Å²) in [5.41, 5.74) is 1.02. The molecule has 4 rings (SSSR count). The fourth-order valence-electron chi connectivity index (χ4n) is 3.09. The van der Waals surface area contributed by atoms with Gasteiger partial charge in [-0.25, -0.2) is 0 Å². The number of rotatable bonds is 9. The fraction of sp³-hybridized carbons (Fsp3) is 0.273. The average Bonchev–Trinajstić information content (AvgIpc) is 3.14. The van der Waals surface area contributed by atoms with Gasteiger partial charge < -0.3 is 15.1 Å². The van der Waals surface area contributed by atoms with Gasteiger partial charge in [-0.05, 0) is 48.6 Å². The number of hydrogen-bond acceptors (Lipinski definition) is 5. The molecule has 1 saturated carbocycles. The first-order valence-corrected chi connectivity index (χ1v) is 10.5. The van der Waals surface area contributed by atoms with Crippen molar-refractivity contribution in [3.05, 3.63) is 76.4 Å². The zero-order chi connectivity index (χ0) is 20.1. The Morgan fingerprint density at radius 3 is 2.66 bits per heavy atom. The van der Waals surface area contributed by atoms with Crippen LogP contribution in [-0.4, -0.2) is 29.3 Å². The van der Waals surface area contributed by atoms with Crippen LogP contribution in [-0.2, 0) is 17.9 Å². The second-order valence-electron chi connectivity index (χ2n) is 7.15. The highest BCUT2D eigenvalue weighted by Gasteiger charge is 2.25. The molecule has 0 unspecified atom stereocenters. The number of amides is 2. The number of nitrogens with zero attached hydrogens (tertiary/aromatic N) is 1. The third-order valence-corrected chi connectivity index (χ3v) is 5.51. The Morgan fingerprint density at radius 1 is 1.07 bits per heavy atom. The fourth-order valence-corrected chi connectivity index (χ4v) is 3.83. The van der Waals surface area contributed by atoms with Crippen LogP contribution in [0.25, 0.3) is 0 Å². The molecule has 2 amide bonds. The van der Waals surface area contributed by atoms with E-state index >= 15 is 0 Å². The number of para-hydroxylation sites is 1. The Morgan fingerprint density at radius 2 is 1.93 bits per heavy atom. The molecule has 0 atom stereocenters. The van der Waals surface area contributed by atoms with Gasteiger partial charge in [0.1, 0.15) is 5.76 Å². The van der Waals surface area contributed by atoms with E-state index in [1.807, 2.05) is 34.5 Å². The van der Waals surface area contributed by atoms with Crippen molar-refractivity contribution in [3.8, 4) is 0 Å². The number of carbonyl (C=O) groups is 2. The van der Waals surface area contributed by atoms with Gasteiger partial charge in [-0.2, -0.15) is 0 Å². The van der Waals surface area contributed by atoms with Gasteiger partial charge in [-0.15, -0.1) is 11.3 Å². The molecule has 2 N–H and O–H groups in total. The van der Waals surface area contributed by atoms with Crippen molar-refractivity contribution < 1.29 is 14.0 Å². The van der Waals surface area contributed by atoms with Gasteiger partial charge in [-0.1, -0.05) is 18.2 Å². The maximum atomic E-state index is 12.8. The molecule has 1 aromatic carbocycles. The maximum Gasteiger partial charge on any atom is 0.253 e. The largest absolute Gasteiger partial charge is 0.468 e. The molecule has 0 bridgehead atoms. The third-order valence-electron chi connectivity index (χ3n) is 4.64. The minimum absolute atomic E-state index is 0.144. The monoisotopic (exact) mass is 409 g/mol. The summed E-state index contributed by atoms with van der Waals surface area (Å²) >= 11 is 1.66. The number of hydrogen-bond donors (Lipinski definition) is 2. The third kappa shape index (κ3) is 5.56. The first-order chi connectivity index (χ1) is 14.2. The van der Waals surface area contributed by atoms with Crippen molar-refractivity contribution in [1.29, 1.82) is 0 Å². The Hall–Kier alpha value is -2.90. The highest BCUT2D eigenvalue weighted by atomic mass is 32.1. The van der Waals surface area contributed by atoms with Crippen LogP contribution in [0, 0.1) is 0 Å². The smallest absolute Gasteiger partial charge is 0.253 e. The highest BCUT2D eigenvalue weighted by molar-refractivity contribution is 7.09. The van der Waals surface area contributed by atoms with E-state index in [1.165, 1.54) is 4.88 Å². The molecule has 1 aliphatic carbocycles. The number of furan rings is 1. The van der Waals surface area contributed by atoms with Gasteiger partial charge in [0.05, 0.1) is 30.6 Å². The minimum atomic E-state index is -0.167. The molecule has 150 valence electrons. The van der Waals surface area contributed by atoms with Crippen LogP contribution in [0.3, 0.4) is 0 Å². The van der Waals surface area contributed by atoms with Crippen LogP contribution in [0.15, 0.2) is 64.6 Å². The molecule has 29 heavy (non-hydrogen) atoms. The second-order valence-corrected chi connectivity index (χ2v) is 8.18. The van der Waals surface area contributed by atoms with Crippen molar-refractivity contribution in [2.24, 2.45) is 0 Å². The molecule has 0 aliphatic heterocycles. The van der Waals surface area contributed by atoms with Crippen molar-refractivity contribution in [3.63, 3.8) is 0 Å². The summed E-state index contributed by atoms with van der Waals surface area (Å²) in [6, 6.07) is 15.2. The SMILES string of the molecule is O=C(CN(Cc1ccco1)Cc1cccs1)Nc1ccccc1C(=O)NC1CC1. The molecular weight excluding hydrogens is 386 g/mol. The van der Waals surface area contributed by atoms with E-state index < -0.39 is 0 Å². The lowest BCUT2D eigenvalue weighted by molar-refractivity contribution is -0.117. The van der Waals surface area contributed by atoms with E-state index in [4.69, 9.17) is 4.42 Å². The van der Waals surface area contributed by atoms with E-state index in [1.54, 1.807) is 35.8 Å². The van der Waals surface area contributed by atoms with Crippen molar-refractivity contribution in [2.75, 3.05) is 11.9 Å². The summed E-state index contributed by atoms with van der Waals surface area (Å²) < 4.78 is 5.45. The Kier molecular flexibility index (Phi) is 6.07. The lowest BCUT2D eigenvalue weighted by Crippen LogP contribution is -2.33. The molecule has 6 nitrogen and oxygen atoms in total. The average molecular weight is 410 g/mol. The first-order valence-electron chi connectivity index (χ1n) is 9.64. The highest BCUT2D eigenvalue weighted by Crippen LogP contribution is 2.22. The van der Waals surface area contributed by atoms with E-state index in [2.05, 4.69) is 16.7 Å². The second kappa shape index (κ2) is 9.07. The molecule has 0 saturated heterocycles. The Bertz CT molecular complexity index is 913. The standard InChI is InChI=1S/C22H23N3O3S/c26-21(24-20-8-2-1-7-19(20)22(27)23-16-9-10-16)15-25(13-17-5-3-11-28-17)14-18-6-4-12-29-18/h1-8,11-12,16H,9-10,13-15H2,(H,23,27)(H,24,26). The van der Waals surface area contributed by atoms with Crippen LogP contribution in [0.5, 0.6) is 0 Å². The number of nitrogens with one attached hydrogen (secondary N) is 2. The molecule has 3 aromatic rings. The van der Waals surface area contributed by atoms with E-state index in [0.29, 0.717) is 24.3 Å². The van der Waals surface area contributed by atoms with Crippen molar-refractivity contribution in [2.45, 2.75) is 32.0 Å². The summed E-state index contributed by atoms with van der Waals surface area (Å²) in [4.78, 5) is 28.4. The van der Waals surface area contributed by atoms with Crippen molar-refractivity contribution >= 4 is 28.8 Å². The number of benzene rings is 1. The van der Waals surface area contributed by atoms with Gasteiger partial charge >= 0.3 is 0 Å². The molecule has 1 aliphatic rings.